The SMILES string of the molecule is O=C(Nc1ccc(-c2ccc3nnc(-c4cccs4)n3n2)cc1)c1ccc(Cl)c(Cl)c1. The van der Waals surface area contributed by atoms with E-state index in [1.807, 2.05) is 53.9 Å². The molecule has 0 aliphatic heterocycles. The third kappa shape index (κ3) is 3.90. The van der Waals surface area contributed by atoms with Gasteiger partial charge in [-0.3, -0.25) is 4.79 Å². The summed E-state index contributed by atoms with van der Waals surface area (Å²) in [5.74, 6) is 0.438. The first kappa shape index (κ1) is 19.7. The molecule has 0 aliphatic rings. The van der Waals surface area contributed by atoms with Gasteiger partial charge in [-0.05, 0) is 53.9 Å². The van der Waals surface area contributed by atoms with Gasteiger partial charge < -0.3 is 5.32 Å². The topological polar surface area (TPSA) is 72.2 Å². The molecule has 0 bridgehead atoms. The van der Waals surface area contributed by atoms with E-state index in [4.69, 9.17) is 28.3 Å². The van der Waals surface area contributed by atoms with Crippen LogP contribution in [0, 0.1) is 0 Å². The quantitative estimate of drug-likeness (QED) is 0.349. The summed E-state index contributed by atoms with van der Waals surface area (Å²) in [5, 5.41) is 18.7. The first-order valence-electron chi connectivity index (χ1n) is 9.22. The van der Waals surface area contributed by atoms with Crippen LogP contribution in [-0.2, 0) is 0 Å². The highest BCUT2D eigenvalue weighted by molar-refractivity contribution is 7.13. The summed E-state index contributed by atoms with van der Waals surface area (Å²) in [5.41, 5.74) is 3.44. The van der Waals surface area contributed by atoms with Gasteiger partial charge in [-0.25, -0.2) is 0 Å². The zero-order chi connectivity index (χ0) is 21.4. The number of anilines is 1. The molecule has 152 valence electrons. The van der Waals surface area contributed by atoms with E-state index in [2.05, 4.69) is 15.5 Å². The number of carbonyl (C=O) groups excluding carboxylic acids is 1. The molecule has 3 heterocycles. The Morgan fingerprint density at radius 3 is 2.52 bits per heavy atom. The van der Waals surface area contributed by atoms with Crippen molar-refractivity contribution in [3.05, 3.63) is 87.7 Å². The standard InChI is InChI=1S/C22H13Cl2N5OS/c23-16-8-5-14(12-17(16)24)22(30)25-15-6-3-13(4-7-15)18-9-10-20-26-27-21(29(20)28-18)19-2-1-11-31-19/h1-12H,(H,25,30). The maximum Gasteiger partial charge on any atom is 0.255 e. The number of amides is 1. The monoisotopic (exact) mass is 465 g/mol. The summed E-state index contributed by atoms with van der Waals surface area (Å²) in [6, 6.07) is 19.9. The molecule has 0 spiro atoms. The van der Waals surface area contributed by atoms with Crippen LogP contribution in [0.25, 0.3) is 27.6 Å². The molecule has 0 aliphatic carbocycles. The maximum absolute atomic E-state index is 12.5. The second kappa shape index (κ2) is 8.11. The molecule has 2 aromatic carbocycles. The van der Waals surface area contributed by atoms with Crippen LogP contribution in [-0.4, -0.2) is 25.7 Å². The molecule has 5 rings (SSSR count). The van der Waals surface area contributed by atoms with Gasteiger partial charge in [0, 0.05) is 16.8 Å². The van der Waals surface area contributed by atoms with Gasteiger partial charge in [-0.2, -0.15) is 9.61 Å². The zero-order valence-electron chi connectivity index (χ0n) is 15.8. The average Bonchev–Trinajstić information content (AvgIpc) is 3.45. The normalized spacial score (nSPS) is 11.0. The summed E-state index contributed by atoms with van der Waals surface area (Å²) in [6.45, 7) is 0. The summed E-state index contributed by atoms with van der Waals surface area (Å²) in [6.07, 6.45) is 0. The second-order valence-corrected chi connectivity index (χ2v) is 8.41. The minimum Gasteiger partial charge on any atom is -0.322 e. The Kier molecular flexibility index (Phi) is 5.15. The van der Waals surface area contributed by atoms with Gasteiger partial charge in [0.1, 0.15) is 0 Å². The lowest BCUT2D eigenvalue weighted by Crippen LogP contribution is -2.11. The number of hydrogen-bond donors (Lipinski definition) is 1. The van der Waals surface area contributed by atoms with Crippen molar-refractivity contribution in [2.75, 3.05) is 5.32 Å². The number of rotatable bonds is 4. The molecular weight excluding hydrogens is 453 g/mol. The molecule has 1 N–H and O–H groups in total. The van der Waals surface area contributed by atoms with Crippen molar-refractivity contribution in [2.45, 2.75) is 0 Å². The van der Waals surface area contributed by atoms with E-state index in [0.717, 1.165) is 16.1 Å². The van der Waals surface area contributed by atoms with Crippen molar-refractivity contribution < 1.29 is 4.79 Å². The highest BCUT2D eigenvalue weighted by atomic mass is 35.5. The number of fused-ring (bicyclic) bond motifs is 1. The molecule has 0 atom stereocenters. The Morgan fingerprint density at radius 1 is 0.935 bits per heavy atom. The number of carbonyl (C=O) groups is 1. The number of halogens is 2. The number of benzene rings is 2. The Labute approximate surface area is 191 Å². The van der Waals surface area contributed by atoms with Crippen molar-refractivity contribution in [1.29, 1.82) is 0 Å². The van der Waals surface area contributed by atoms with Gasteiger partial charge in [0.25, 0.3) is 5.91 Å². The van der Waals surface area contributed by atoms with E-state index in [9.17, 15) is 4.79 Å². The molecule has 6 nitrogen and oxygen atoms in total. The number of aromatic nitrogens is 4. The number of nitrogens with zero attached hydrogens (tertiary/aromatic N) is 4. The van der Waals surface area contributed by atoms with Crippen LogP contribution in [0.3, 0.4) is 0 Å². The Morgan fingerprint density at radius 2 is 1.77 bits per heavy atom. The average molecular weight is 466 g/mol. The van der Waals surface area contributed by atoms with E-state index in [0.29, 0.717) is 32.8 Å². The zero-order valence-corrected chi connectivity index (χ0v) is 18.1. The van der Waals surface area contributed by atoms with Crippen molar-refractivity contribution in [1.82, 2.24) is 19.8 Å². The molecule has 1 amide bonds. The summed E-state index contributed by atoms with van der Waals surface area (Å²) in [4.78, 5) is 13.5. The lowest BCUT2D eigenvalue weighted by Gasteiger charge is -2.08. The third-order valence-electron chi connectivity index (χ3n) is 4.62. The van der Waals surface area contributed by atoms with Crippen LogP contribution in [0.5, 0.6) is 0 Å². The Balaban J connectivity index is 1.39. The minimum atomic E-state index is -0.268. The predicted molar refractivity (Wildman–Crippen MR) is 124 cm³/mol. The highest BCUT2D eigenvalue weighted by Gasteiger charge is 2.12. The first-order valence-corrected chi connectivity index (χ1v) is 10.9. The second-order valence-electron chi connectivity index (χ2n) is 6.65. The van der Waals surface area contributed by atoms with E-state index in [1.165, 1.54) is 6.07 Å². The van der Waals surface area contributed by atoms with Crippen molar-refractivity contribution in [2.24, 2.45) is 0 Å². The van der Waals surface area contributed by atoms with Gasteiger partial charge in [0.15, 0.2) is 11.5 Å². The molecular formula is C22H13Cl2N5OS. The van der Waals surface area contributed by atoms with Gasteiger partial charge in [-0.15, -0.1) is 21.5 Å². The van der Waals surface area contributed by atoms with Gasteiger partial charge >= 0.3 is 0 Å². The minimum absolute atomic E-state index is 0.268. The lowest BCUT2D eigenvalue weighted by molar-refractivity contribution is 0.102. The predicted octanol–water partition coefficient (Wildman–Crippen LogP) is 6.08. The van der Waals surface area contributed by atoms with Gasteiger partial charge in [0.05, 0.1) is 20.6 Å². The summed E-state index contributed by atoms with van der Waals surface area (Å²) < 4.78 is 1.74. The smallest absolute Gasteiger partial charge is 0.255 e. The van der Waals surface area contributed by atoms with Crippen LogP contribution in [0.1, 0.15) is 10.4 Å². The van der Waals surface area contributed by atoms with Crippen LogP contribution in [0.2, 0.25) is 10.0 Å². The molecule has 9 heteroatoms. The molecule has 5 aromatic rings. The Bertz CT molecular complexity index is 1400. The van der Waals surface area contributed by atoms with Crippen molar-refractivity contribution >= 4 is 51.8 Å². The third-order valence-corrected chi connectivity index (χ3v) is 6.23. The largest absolute Gasteiger partial charge is 0.322 e. The molecule has 31 heavy (non-hydrogen) atoms. The highest BCUT2D eigenvalue weighted by Crippen LogP contribution is 2.26. The first-order chi connectivity index (χ1) is 15.1. The van der Waals surface area contributed by atoms with Gasteiger partial charge in [0.2, 0.25) is 0 Å². The van der Waals surface area contributed by atoms with E-state index in [1.54, 1.807) is 28.0 Å². The molecule has 0 fully saturated rings. The van der Waals surface area contributed by atoms with Crippen LogP contribution in [0.15, 0.2) is 72.1 Å². The molecule has 0 radical (unpaired) electrons. The number of thiophene rings is 1. The molecule has 0 unspecified atom stereocenters. The van der Waals surface area contributed by atoms with Gasteiger partial charge in [-0.1, -0.05) is 41.4 Å². The molecule has 0 saturated heterocycles. The summed E-state index contributed by atoms with van der Waals surface area (Å²) >= 11 is 13.5. The number of hydrogen-bond acceptors (Lipinski definition) is 5. The fraction of sp³-hybridized carbons (Fsp3) is 0. The maximum atomic E-state index is 12.5. The number of nitrogens with one attached hydrogen (secondary N) is 1. The fourth-order valence-corrected chi connectivity index (χ4v) is 4.06. The van der Waals surface area contributed by atoms with E-state index >= 15 is 0 Å². The molecule has 0 saturated carbocycles. The Hall–Kier alpha value is -3.26. The van der Waals surface area contributed by atoms with Crippen LogP contribution < -0.4 is 5.32 Å². The van der Waals surface area contributed by atoms with Crippen molar-refractivity contribution in [3.63, 3.8) is 0 Å². The summed E-state index contributed by atoms with van der Waals surface area (Å²) in [7, 11) is 0. The molecule has 3 aromatic heterocycles. The van der Waals surface area contributed by atoms with Crippen LogP contribution >= 0.6 is 34.5 Å². The van der Waals surface area contributed by atoms with E-state index in [-0.39, 0.29) is 5.91 Å². The lowest BCUT2D eigenvalue weighted by atomic mass is 10.1. The van der Waals surface area contributed by atoms with Crippen LogP contribution in [0.4, 0.5) is 5.69 Å². The fourth-order valence-electron chi connectivity index (χ4n) is 3.07. The van der Waals surface area contributed by atoms with Crippen molar-refractivity contribution in [3.8, 4) is 22.0 Å². The van der Waals surface area contributed by atoms with E-state index < -0.39 is 0 Å².